The Morgan fingerprint density at radius 3 is 2.42 bits per heavy atom. The number of aromatic nitrogens is 7. The van der Waals surface area contributed by atoms with Crippen LogP contribution in [0.4, 0.5) is 0 Å². The van der Waals surface area contributed by atoms with Gasteiger partial charge in [0.05, 0.1) is 17.4 Å². The van der Waals surface area contributed by atoms with Crippen molar-refractivity contribution in [2.24, 2.45) is 5.73 Å². The van der Waals surface area contributed by atoms with E-state index in [2.05, 4.69) is 68.1 Å². The van der Waals surface area contributed by atoms with Crippen molar-refractivity contribution in [3.05, 3.63) is 84.7 Å². The van der Waals surface area contributed by atoms with Gasteiger partial charge in [0.2, 0.25) is 0 Å². The van der Waals surface area contributed by atoms with E-state index < -0.39 is 0 Å². The second-order valence-electron chi connectivity index (χ2n) is 9.16. The lowest BCUT2D eigenvalue weighted by Gasteiger charge is -2.38. The molecule has 4 heterocycles. The maximum atomic E-state index is 6.56. The highest BCUT2D eigenvalue weighted by Crippen LogP contribution is 2.40. The molecule has 0 radical (unpaired) electrons. The molecule has 4 aromatic heterocycles. The van der Waals surface area contributed by atoms with Crippen molar-refractivity contribution in [1.29, 1.82) is 0 Å². The highest BCUT2D eigenvalue weighted by Gasteiger charge is 2.34. The first-order valence-corrected chi connectivity index (χ1v) is 11.7. The minimum Gasteiger partial charge on any atom is -0.321 e. The Morgan fingerprint density at radius 1 is 0.917 bits per heavy atom. The van der Waals surface area contributed by atoms with E-state index in [-0.39, 0.29) is 17.9 Å². The van der Waals surface area contributed by atoms with Crippen LogP contribution in [-0.4, -0.2) is 35.0 Å². The highest BCUT2D eigenvalue weighted by atomic mass is 35.5. The molecule has 7 rings (SSSR count). The van der Waals surface area contributed by atoms with E-state index in [4.69, 9.17) is 10.7 Å². The molecule has 0 atom stereocenters. The Hall–Kier alpha value is -4.14. The van der Waals surface area contributed by atoms with Crippen LogP contribution in [-0.2, 0) is 5.54 Å². The number of nitrogens with one attached hydrogen (secondary N) is 1. The Kier molecular flexibility index (Phi) is 5.28. The van der Waals surface area contributed by atoms with Crippen LogP contribution in [0, 0.1) is 0 Å². The fourth-order valence-corrected chi connectivity index (χ4v) is 4.94. The lowest BCUT2D eigenvalue weighted by molar-refractivity contribution is 0.253. The molecule has 9 heteroatoms. The van der Waals surface area contributed by atoms with Crippen molar-refractivity contribution < 1.29 is 0 Å². The molecular formula is C27H23ClN8. The largest absolute Gasteiger partial charge is 0.321 e. The molecule has 1 aliphatic rings. The van der Waals surface area contributed by atoms with E-state index in [0.717, 1.165) is 51.8 Å². The zero-order chi connectivity index (χ0) is 23.4. The molecule has 0 saturated heterocycles. The van der Waals surface area contributed by atoms with Gasteiger partial charge in [-0.2, -0.15) is 15.4 Å². The molecule has 8 nitrogen and oxygen atoms in total. The highest BCUT2D eigenvalue weighted by molar-refractivity contribution is 5.98. The summed E-state index contributed by atoms with van der Waals surface area (Å²) in [6.07, 6.45) is 6.84. The van der Waals surface area contributed by atoms with Gasteiger partial charge in [-0.25, -0.2) is 4.98 Å². The molecule has 1 saturated carbocycles. The quantitative estimate of drug-likeness (QED) is 0.350. The zero-order valence-electron chi connectivity index (χ0n) is 19.3. The molecule has 0 aliphatic heterocycles. The van der Waals surface area contributed by atoms with Crippen molar-refractivity contribution >= 4 is 29.0 Å². The predicted octanol–water partition coefficient (Wildman–Crippen LogP) is 5.16. The Labute approximate surface area is 213 Å². The van der Waals surface area contributed by atoms with Gasteiger partial charge in [0.25, 0.3) is 0 Å². The van der Waals surface area contributed by atoms with Crippen LogP contribution >= 0.6 is 12.4 Å². The van der Waals surface area contributed by atoms with E-state index in [9.17, 15) is 0 Å². The average Bonchev–Trinajstić information content (AvgIpc) is 3.57. The van der Waals surface area contributed by atoms with Gasteiger partial charge >= 0.3 is 0 Å². The first-order valence-electron chi connectivity index (χ1n) is 11.7. The smallest absolute Gasteiger partial charge is 0.190 e. The normalized spacial score (nSPS) is 14.5. The van der Waals surface area contributed by atoms with Crippen LogP contribution < -0.4 is 5.73 Å². The SMILES string of the molecule is Cl.NC1(c2ccc(-c3nc4ccn5c(-c6cn[nH]n6)nnc5c4cc3-c3ccccc3)cc2)CCC1. The van der Waals surface area contributed by atoms with Gasteiger partial charge in [-0.15, -0.1) is 22.6 Å². The van der Waals surface area contributed by atoms with Crippen LogP contribution in [0.25, 0.3) is 50.5 Å². The number of halogens is 1. The molecule has 36 heavy (non-hydrogen) atoms. The van der Waals surface area contributed by atoms with Gasteiger partial charge in [-0.1, -0.05) is 54.6 Å². The Morgan fingerprint density at radius 2 is 1.72 bits per heavy atom. The summed E-state index contributed by atoms with van der Waals surface area (Å²) in [5, 5.41) is 20.5. The maximum absolute atomic E-state index is 6.56. The number of rotatable bonds is 4. The van der Waals surface area contributed by atoms with E-state index in [1.165, 1.54) is 12.0 Å². The number of nitrogens with zero attached hydrogens (tertiary/aromatic N) is 6. The maximum Gasteiger partial charge on any atom is 0.190 e. The molecule has 1 fully saturated rings. The molecule has 2 aromatic carbocycles. The van der Waals surface area contributed by atoms with E-state index in [1.54, 1.807) is 6.20 Å². The lowest BCUT2D eigenvalue weighted by Crippen LogP contribution is -2.43. The average molecular weight is 495 g/mol. The molecule has 6 aromatic rings. The van der Waals surface area contributed by atoms with Crippen LogP contribution in [0.5, 0.6) is 0 Å². The third-order valence-corrected chi connectivity index (χ3v) is 7.08. The van der Waals surface area contributed by atoms with Crippen LogP contribution in [0.3, 0.4) is 0 Å². The Balaban J connectivity index is 0.00000240. The molecule has 0 amide bonds. The summed E-state index contributed by atoms with van der Waals surface area (Å²) in [6, 6.07) is 23.1. The topological polar surface area (TPSA) is 111 Å². The summed E-state index contributed by atoms with van der Waals surface area (Å²) < 4.78 is 1.92. The van der Waals surface area contributed by atoms with Crippen LogP contribution in [0.2, 0.25) is 0 Å². The third-order valence-electron chi connectivity index (χ3n) is 7.08. The van der Waals surface area contributed by atoms with Gasteiger partial charge in [-0.3, -0.25) is 4.40 Å². The number of pyridine rings is 2. The summed E-state index contributed by atoms with van der Waals surface area (Å²) in [5.74, 6) is 0.628. The van der Waals surface area contributed by atoms with Crippen LogP contribution in [0.1, 0.15) is 24.8 Å². The van der Waals surface area contributed by atoms with Crippen molar-refractivity contribution in [2.45, 2.75) is 24.8 Å². The van der Waals surface area contributed by atoms with Crippen molar-refractivity contribution in [2.75, 3.05) is 0 Å². The number of aromatic amines is 1. The minimum atomic E-state index is -0.182. The summed E-state index contributed by atoms with van der Waals surface area (Å²) in [6.45, 7) is 0. The first-order chi connectivity index (χ1) is 17.2. The molecule has 0 spiro atoms. The summed E-state index contributed by atoms with van der Waals surface area (Å²) in [4.78, 5) is 5.12. The van der Waals surface area contributed by atoms with Gasteiger partial charge in [0, 0.05) is 28.2 Å². The van der Waals surface area contributed by atoms with Gasteiger partial charge < -0.3 is 5.73 Å². The summed E-state index contributed by atoms with van der Waals surface area (Å²) in [5.41, 5.74) is 13.9. The number of fused-ring (bicyclic) bond motifs is 3. The minimum absolute atomic E-state index is 0. The fourth-order valence-electron chi connectivity index (χ4n) is 4.94. The predicted molar refractivity (Wildman–Crippen MR) is 142 cm³/mol. The van der Waals surface area contributed by atoms with E-state index in [1.807, 2.05) is 34.9 Å². The number of benzene rings is 2. The monoisotopic (exact) mass is 494 g/mol. The van der Waals surface area contributed by atoms with Crippen molar-refractivity contribution in [3.8, 4) is 33.9 Å². The first kappa shape index (κ1) is 22.3. The Bertz CT molecular complexity index is 1670. The molecule has 0 unspecified atom stereocenters. The van der Waals surface area contributed by atoms with Crippen molar-refractivity contribution in [1.82, 2.24) is 35.0 Å². The van der Waals surface area contributed by atoms with Gasteiger partial charge in [-0.05, 0) is 42.5 Å². The molecule has 178 valence electrons. The van der Waals surface area contributed by atoms with Gasteiger partial charge in [0.15, 0.2) is 17.2 Å². The standard InChI is InChI=1S/C27H22N8.ClH/c28-27(12-4-13-27)19-9-7-18(8-10-19)24-20(17-5-2-1-3-6-17)15-21-22(30-24)11-14-35-25(21)32-33-26(35)23-16-29-34-31-23;/h1-3,5-11,14-16H,4,12-13,28H2,(H,29,31,34);1H. The van der Waals surface area contributed by atoms with E-state index in [0.29, 0.717) is 11.5 Å². The summed E-state index contributed by atoms with van der Waals surface area (Å²) in [7, 11) is 0. The molecule has 3 N–H and O–H groups in total. The van der Waals surface area contributed by atoms with Gasteiger partial charge in [0.1, 0.15) is 0 Å². The second-order valence-corrected chi connectivity index (χ2v) is 9.16. The number of nitrogens with two attached hydrogens (primary N) is 1. The number of H-pyrrole nitrogens is 1. The third kappa shape index (κ3) is 3.45. The number of hydrogen-bond donors (Lipinski definition) is 2. The van der Waals surface area contributed by atoms with E-state index >= 15 is 0 Å². The fraction of sp³-hybridized carbons (Fsp3) is 0.148. The number of hydrogen-bond acceptors (Lipinski definition) is 6. The second kappa shape index (κ2) is 8.51. The van der Waals surface area contributed by atoms with Crippen LogP contribution in [0.15, 0.2) is 79.1 Å². The lowest BCUT2D eigenvalue weighted by atomic mass is 9.72. The molecule has 0 bridgehead atoms. The molecular weight excluding hydrogens is 472 g/mol. The zero-order valence-corrected chi connectivity index (χ0v) is 20.1. The molecule has 1 aliphatic carbocycles. The summed E-state index contributed by atoms with van der Waals surface area (Å²) >= 11 is 0. The van der Waals surface area contributed by atoms with Crippen molar-refractivity contribution in [3.63, 3.8) is 0 Å².